The van der Waals surface area contributed by atoms with Gasteiger partial charge >= 0.3 is 0 Å². The number of carbonyl (C=O) groups is 1. The quantitative estimate of drug-likeness (QED) is 0.741. The van der Waals surface area contributed by atoms with E-state index < -0.39 is 0 Å². The molecule has 0 saturated heterocycles. The van der Waals surface area contributed by atoms with E-state index in [9.17, 15) is 4.79 Å². The molecule has 2 saturated carbocycles. The van der Waals surface area contributed by atoms with Crippen LogP contribution < -0.4 is 0 Å². The van der Waals surface area contributed by atoms with Crippen molar-refractivity contribution < 1.29 is 4.79 Å². The summed E-state index contributed by atoms with van der Waals surface area (Å²) in [4.78, 5) is 13.1. The first kappa shape index (κ1) is 13.5. The van der Waals surface area contributed by atoms with Gasteiger partial charge in [-0.15, -0.1) is 0 Å². The summed E-state index contributed by atoms with van der Waals surface area (Å²) in [6.07, 6.45) is 6.61. The molecule has 0 aliphatic heterocycles. The summed E-state index contributed by atoms with van der Waals surface area (Å²) in [7, 11) is 0. The maximum absolute atomic E-state index is 13.1. The summed E-state index contributed by atoms with van der Waals surface area (Å²) in [6.45, 7) is 0. The molecule has 0 heterocycles. The minimum absolute atomic E-state index is 0.0806. The lowest BCUT2D eigenvalue weighted by atomic mass is 9.54. The Labute approximate surface area is 137 Å². The van der Waals surface area contributed by atoms with E-state index in [1.165, 1.54) is 36.0 Å². The van der Waals surface area contributed by atoms with Gasteiger partial charge in [-0.05, 0) is 36.0 Å². The smallest absolute Gasteiger partial charge is 0.138 e. The molecule has 2 fully saturated rings. The van der Waals surface area contributed by atoms with Crippen LogP contribution >= 0.6 is 0 Å². The van der Waals surface area contributed by atoms with Gasteiger partial charge in [0.2, 0.25) is 0 Å². The third kappa shape index (κ3) is 1.60. The Bertz CT molecular complexity index is 778. The predicted octanol–water partition coefficient (Wildman–Crippen LogP) is 4.78. The SMILES string of the molecule is O=C1CC2(c3ccccc3)C[C@@]3(CCCC[C@@H]13)c1ccccc12. The molecule has 3 aliphatic carbocycles. The van der Waals surface area contributed by atoms with E-state index in [2.05, 4.69) is 54.6 Å². The second-order valence-corrected chi connectivity index (χ2v) is 7.77. The second kappa shape index (κ2) is 4.56. The third-order valence-corrected chi connectivity index (χ3v) is 6.82. The van der Waals surface area contributed by atoms with E-state index >= 15 is 0 Å². The van der Waals surface area contributed by atoms with Crippen LogP contribution in [0.15, 0.2) is 54.6 Å². The van der Waals surface area contributed by atoms with Crippen LogP contribution in [0.4, 0.5) is 0 Å². The fraction of sp³-hybridized carbons (Fsp3) is 0.409. The molecule has 116 valence electrons. The zero-order valence-electron chi connectivity index (χ0n) is 13.4. The molecular formula is C22H22O. The first-order valence-corrected chi connectivity index (χ1v) is 8.95. The number of ketones is 1. The zero-order valence-corrected chi connectivity index (χ0v) is 13.4. The van der Waals surface area contributed by atoms with Gasteiger partial charge in [0, 0.05) is 23.2 Å². The fourth-order valence-electron chi connectivity index (χ4n) is 6.00. The highest BCUT2D eigenvalue weighted by Gasteiger charge is 2.62. The minimum Gasteiger partial charge on any atom is -0.299 e. The van der Waals surface area contributed by atoms with Crippen LogP contribution in [0, 0.1) is 5.92 Å². The van der Waals surface area contributed by atoms with Crippen molar-refractivity contribution in [2.24, 2.45) is 5.92 Å². The van der Waals surface area contributed by atoms with Crippen molar-refractivity contribution >= 4 is 5.78 Å². The maximum atomic E-state index is 13.1. The van der Waals surface area contributed by atoms with Gasteiger partial charge in [0.1, 0.15) is 5.78 Å². The lowest BCUT2D eigenvalue weighted by Crippen LogP contribution is -2.48. The van der Waals surface area contributed by atoms with Crippen LogP contribution in [0.25, 0.3) is 0 Å². The Morgan fingerprint density at radius 2 is 1.61 bits per heavy atom. The lowest BCUT2D eigenvalue weighted by Gasteiger charge is -2.47. The summed E-state index contributed by atoms with van der Waals surface area (Å²) >= 11 is 0. The number of hydrogen-bond donors (Lipinski definition) is 0. The minimum atomic E-state index is -0.0806. The number of carbonyl (C=O) groups excluding carboxylic acids is 1. The average Bonchev–Trinajstić information content (AvgIpc) is 2.83. The highest BCUT2D eigenvalue weighted by atomic mass is 16.1. The van der Waals surface area contributed by atoms with E-state index in [1.807, 2.05) is 0 Å². The second-order valence-electron chi connectivity index (χ2n) is 7.77. The Balaban J connectivity index is 1.80. The molecule has 23 heavy (non-hydrogen) atoms. The standard InChI is InChI=1S/C22H22O/c23-20-14-22(16-8-2-1-3-9-16)15-21(13-7-6-12-19(20)21)17-10-4-5-11-18(17)22/h1-5,8-11,19H,6-7,12-15H2/t19-,21-,22?/m0/s1. The lowest BCUT2D eigenvalue weighted by molar-refractivity contribution is -0.130. The summed E-state index contributed by atoms with van der Waals surface area (Å²) < 4.78 is 0. The van der Waals surface area contributed by atoms with E-state index in [-0.39, 0.29) is 16.7 Å². The Morgan fingerprint density at radius 3 is 2.43 bits per heavy atom. The van der Waals surface area contributed by atoms with Gasteiger partial charge in [0.15, 0.2) is 0 Å². The van der Waals surface area contributed by atoms with Crippen LogP contribution in [-0.2, 0) is 15.6 Å². The van der Waals surface area contributed by atoms with Crippen LogP contribution in [0.2, 0.25) is 0 Å². The molecule has 0 aromatic heterocycles. The largest absolute Gasteiger partial charge is 0.299 e. The molecule has 0 amide bonds. The van der Waals surface area contributed by atoms with Crippen molar-refractivity contribution in [3.63, 3.8) is 0 Å². The molecule has 3 aliphatic rings. The topological polar surface area (TPSA) is 17.1 Å². The molecule has 1 heteroatoms. The van der Waals surface area contributed by atoms with Crippen molar-refractivity contribution in [3.05, 3.63) is 71.3 Å². The van der Waals surface area contributed by atoms with Gasteiger partial charge in [-0.3, -0.25) is 4.79 Å². The van der Waals surface area contributed by atoms with Crippen molar-refractivity contribution in [2.75, 3.05) is 0 Å². The van der Waals surface area contributed by atoms with Crippen LogP contribution in [0.3, 0.4) is 0 Å². The Kier molecular flexibility index (Phi) is 2.69. The third-order valence-electron chi connectivity index (χ3n) is 6.82. The number of rotatable bonds is 1. The zero-order chi connectivity index (χ0) is 15.5. The Morgan fingerprint density at radius 1 is 0.870 bits per heavy atom. The molecule has 5 rings (SSSR count). The average molecular weight is 302 g/mol. The van der Waals surface area contributed by atoms with Crippen LogP contribution in [0.5, 0.6) is 0 Å². The molecule has 2 aromatic carbocycles. The molecule has 2 bridgehead atoms. The van der Waals surface area contributed by atoms with E-state index in [0.717, 1.165) is 12.8 Å². The molecular weight excluding hydrogens is 280 g/mol. The highest BCUT2D eigenvalue weighted by molar-refractivity contribution is 5.88. The predicted molar refractivity (Wildman–Crippen MR) is 91.5 cm³/mol. The monoisotopic (exact) mass is 302 g/mol. The van der Waals surface area contributed by atoms with Gasteiger partial charge in [-0.25, -0.2) is 0 Å². The first-order valence-electron chi connectivity index (χ1n) is 8.95. The van der Waals surface area contributed by atoms with Crippen molar-refractivity contribution in [1.29, 1.82) is 0 Å². The van der Waals surface area contributed by atoms with Crippen LogP contribution in [-0.4, -0.2) is 5.78 Å². The fourth-order valence-corrected chi connectivity index (χ4v) is 6.00. The summed E-state index contributed by atoms with van der Waals surface area (Å²) in [5, 5.41) is 0. The van der Waals surface area contributed by atoms with Gasteiger partial charge in [0.25, 0.3) is 0 Å². The van der Waals surface area contributed by atoms with Crippen LogP contribution in [0.1, 0.15) is 55.2 Å². The van der Waals surface area contributed by atoms with Crippen molar-refractivity contribution in [2.45, 2.75) is 49.4 Å². The molecule has 1 nitrogen and oxygen atoms in total. The van der Waals surface area contributed by atoms with E-state index in [4.69, 9.17) is 0 Å². The van der Waals surface area contributed by atoms with E-state index in [0.29, 0.717) is 12.2 Å². The number of benzene rings is 2. The van der Waals surface area contributed by atoms with Gasteiger partial charge in [-0.1, -0.05) is 67.4 Å². The van der Waals surface area contributed by atoms with Crippen molar-refractivity contribution in [1.82, 2.24) is 0 Å². The molecule has 3 atom stereocenters. The summed E-state index contributed by atoms with van der Waals surface area (Å²) in [6, 6.07) is 19.7. The Hall–Kier alpha value is -1.89. The van der Waals surface area contributed by atoms with E-state index in [1.54, 1.807) is 0 Å². The molecule has 2 aromatic rings. The first-order chi connectivity index (χ1) is 11.3. The summed E-state index contributed by atoms with van der Waals surface area (Å²) in [5.41, 5.74) is 4.29. The molecule has 0 radical (unpaired) electrons. The van der Waals surface area contributed by atoms with Gasteiger partial charge in [0.05, 0.1) is 0 Å². The molecule has 1 spiro atoms. The number of Topliss-reactive ketones (excluding diaryl/α,β-unsaturated/α-hetero) is 1. The maximum Gasteiger partial charge on any atom is 0.138 e. The summed E-state index contributed by atoms with van der Waals surface area (Å²) in [5.74, 6) is 0.771. The van der Waals surface area contributed by atoms with Gasteiger partial charge < -0.3 is 0 Å². The van der Waals surface area contributed by atoms with Gasteiger partial charge in [-0.2, -0.15) is 0 Å². The highest BCUT2D eigenvalue weighted by Crippen LogP contribution is 2.65. The number of fused-ring (bicyclic) bond motifs is 3. The number of hydrogen-bond acceptors (Lipinski definition) is 1. The molecule has 1 unspecified atom stereocenters. The molecule has 0 N–H and O–H groups in total. The normalized spacial score (nSPS) is 34.8. The van der Waals surface area contributed by atoms with Crippen molar-refractivity contribution in [3.8, 4) is 0 Å².